The third-order valence-corrected chi connectivity index (χ3v) is 13.6. The summed E-state index contributed by atoms with van der Waals surface area (Å²) < 4.78 is 1.45. The zero-order valence-corrected chi connectivity index (χ0v) is 24.3. The Balaban J connectivity index is 0.987. The van der Waals surface area contributed by atoms with Gasteiger partial charge in [-0.2, -0.15) is 0 Å². The molecule has 188 valence electrons. The van der Waals surface area contributed by atoms with E-state index in [9.17, 15) is 0 Å². The van der Waals surface area contributed by atoms with Crippen molar-refractivity contribution in [2.24, 2.45) is 0 Å². The van der Waals surface area contributed by atoms with Crippen molar-refractivity contribution >= 4 is 56.7 Å². The van der Waals surface area contributed by atoms with E-state index < -0.39 is 0 Å². The Morgan fingerprint density at radius 3 is 2.05 bits per heavy atom. The largest absolute Gasteiger partial charge is 0.140 e. The lowest BCUT2D eigenvalue weighted by molar-refractivity contribution is 0.761. The maximum Gasteiger partial charge on any atom is 0.0519 e. The second-order valence-electron chi connectivity index (χ2n) is 10.7. The van der Waals surface area contributed by atoms with Gasteiger partial charge in [0, 0.05) is 29.5 Å². The van der Waals surface area contributed by atoms with Crippen LogP contribution in [0.3, 0.4) is 0 Å². The lowest BCUT2D eigenvalue weighted by atomic mass is 9.99. The van der Waals surface area contributed by atoms with Gasteiger partial charge in [-0.25, -0.2) is 0 Å². The number of rotatable bonds is 6. The van der Waals surface area contributed by atoms with Crippen molar-refractivity contribution in [3.8, 4) is 0 Å². The number of thioether (sulfide) groups is 3. The van der Waals surface area contributed by atoms with Crippen molar-refractivity contribution < 1.29 is 0 Å². The van der Waals surface area contributed by atoms with E-state index in [4.69, 9.17) is 0 Å². The highest BCUT2D eigenvalue weighted by Gasteiger charge is 2.43. The topological polar surface area (TPSA) is 0 Å². The summed E-state index contributed by atoms with van der Waals surface area (Å²) in [5, 5.41) is 3.28. The van der Waals surface area contributed by atoms with Gasteiger partial charge < -0.3 is 0 Å². The summed E-state index contributed by atoms with van der Waals surface area (Å²) in [6, 6.07) is 34.4. The molecule has 0 saturated heterocycles. The average molecular weight is 565 g/mol. The Morgan fingerprint density at radius 1 is 0.605 bits per heavy atom. The lowest BCUT2D eigenvalue weighted by Gasteiger charge is -2.09. The van der Waals surface area contributed by atoms with Gasteiger partial charge in [0.2, 0.25) is 0 Å². The van der Waals surface area contributed by atoms with E-state index >= 15 is 0 Å². The van der Waals surface area contributed by atoms with Crippen LogP contribution in [-0.2, 0) is 25.7 Å². The first-order chi connectivity index (χ1) is 18.8. The van der Waals surface area contributed by atoms with E-state index in [1.54, 1.807) is 16.7 Å². The molecule has 5 aromatic rings. The van der Waals surface area contributed by atoms with Crippen LogP contribution < -0.4 is 0 Å². The zero-order chi connectivity index (χ0) is 25.1. The second-order valence-corrected chi connectivity index (χ2v) is 15.5. The molecule has 4 heterocycles. The molecule has 0 amide bonds. The Bertz CT molecular complexity index is 1640. The first-order valence-electron chi connectivity index (χ1n) is 13.6. The van der Waals surface area contributed by atoms with Crippen molar-refractivity contribution in [2.75, 3.05) is 0 Å². The third-order valence-electron chi connectivity index (χ3n) is 8.13. The molecule has 3 unspecified atom stereocenters. The number of thiophene rings is 1. The standard InChI is InChI=1S/C34H28S4/c1-3-7-21(8-4-1)11-13-25-15-23-17-27-31(19-29(23)35-25)37-34-28-18-24-16-26(14-12-22-9-5-2-6-10-22)36-30(24)20-32(28)38-33(27)34/h1-10,15,17-20,26,33-34H,11-14,16H2. The quantitative estimate of drug-likeness (QED) is 0.201. The fraction of sp³-hybridized carbons (Fsp3) is 0.235. The molecule has 3 aliphatic rings. The van der Waals surface area contributed by atoms with E-state index in [2.05, 4.69) is 126 Å². The van der Waals surface area contributed by atoms with Crippen molar-refractivity contribution in [1.29, 1.82) is 0 Å². The zero-order valence-electron chi connectivity index (χ0n) is 21.1. The van der Waals surface area contributed by atoms with Gasteiger partial charge in [0.25, 0.3) is 0 Å². The number of aryl methyl sites for hydroxylation is 3. The predicted molar refractivity (Wildman–Crippen MR) is 167 cm³/mol. The Labute approximate surface area is 241 Å². The summed E-state index contributed by atoms with van der Waals surface area (Å²) >= 11 is 8.35. The normalized spacial score (nSPS) is 20.9. The van der Waals surface area contributed by atoms with E-state index in [0.717, 1.165) is 12.8 Å². The average Bonchev–Trinajstić information content (AvgIpc) is 3.70. The van der Waals surface area contributed by atoms with Crippen LogP contribution in [0.2, 0.25) is 0 Å². The van der Waals surface area contributed by atoms with E-state index in [1.165, 1.54) is 60.0 Å². The first-order valence-corrected chi connectivity index (χ1v) is 17.0. The molecule has 0 fully saturated rings. The van der Waals surface area contributed by atoms with Gasteiger partial charge >= 0.3 is 0 Å². The van der Waals surface area contributed by atoms with Crippen LogP contribution in [0.5, 0.6) is 0 Å². The summed E-state index contributed by atoms with van der Waals surface area (Å²) in [6.45, 7) is 0. The molecular formula is C34H28S4. The molecule has 4 heteroatoms. The molecule has 0 bridgehead atoms. The molecule has 0 nitrogen and oxygen atoms in total. The minimum atomic E-state index is 0.559. The van der Waals surface area contributed by atoms with Crippen molar-refractivity contribution in [2.45, 2.75) is 62.5 Å². The van der Waals surface area contributed by atoms with Gasteiger partial charge in [-0.05, 0) is 89.6 Å². The van der Waals surface area contributed by atoms with Gasteiger partial charge in [-0.1, -0.05) is 66.7 Å². The SMILES string of the molecule is c1ccc(CCc2cc3cc4c(cc3s2)SC2c3cc5c(cc3SC42)SC(CCc2ccccc2)C5)cc1. The van der Waals surface area contributed by atoms with Gasteiger partial charge in [0.05, 0.1) is 10.5 Å². The fourth-order valence-electron chi connectivity index (χ4n) is 6.17. The maximum atomic E-state index is 2.58. The van der Waals surface area contributed by atoms with E-state index in [1.807, 2.05) is 11.3 Å². The molecule has 3 atom stereocenters. The van der Waals surface area contributed by atoms with E-state index in [0.29, 0.717) is 15.7 Å². The maximum absolute atomic E-state index is 2.58. The summed E-state index contributed by atoms with van der Waals surface area (Å²) in [4.78, 5) is 6.09. The molecule has 8 rings (SSSR count). The van der Waals surface area contributed by atoms with Crippen LogP contribution in [-0.4, -0.2) is 5.25 Å². The van der Waals surface area contributed by atoms with Crippen LogP contribution in [0.4, 0.5) is 0 Å². The van der Waals surface area contributed by atoms with Crippen LogP contribution in [0.1, 0.15) is 49.6 Å². The second kappa shape index (κ2) is 9.82. The molecule has 0 saturated carbocycles. The van der Waals surface area contributed by atoms with Crippen LogP contribution in [0.25, 0.3) is 10.1 Å². The number of hydrogen-bond donors (Lipinski definition) is 0. The molecule has 0 spiro atoms. The third kappa shape index (κ3) is 4.34. The molecule has 38 heavy (non-hydrogen) atoms. The summed E-state index contributed by atoms with van der Waals surface area (Å²) in [6.07, 6.45) is 5.91. The lowest BCUT2D eigenvalue weighted by Crippen LogP contribution is -2.02. The van der Waals surface area contributed by atoms with Crippen LogP contribution >= 0.6 is 46.6 Å². The highest BCUT2D eigenvalue weighted by Crippen LogP contribution is 2.67. The first kappa shape index (κ1) is 23.7. The Morgan fingerprint density at radius 2 is 1.29 bits per heavy atom. The van der Waals surface area contributed by atoms with Gasteiger partial charge in [0.1, 0.15) is 0 Å². The number of benzene rings is 4. The molecule has 0 radical (unpaired) electrons. The summed E-state index contributed by atoms with van der Waals surface area (Å²) in [5.41, 5.74) is 7.64. The summed E-state index contributed by atoms with van der Waals surface area (Å²) in [7, 11) is 0. The fourth-order valence-corrected chi connectivity index (χ4v) is 12.0. The molecule has 1 aromatic heterocycles. The predicted octanol–water partition coefficient (Wildman–Crippen LogP) is 10.3. The van der Waals surface area contributed by atoms with Crippen LogP contribution in [0, 0.1) is 0 Å². The van der Waals surface area contributed by atoms with Gasteiger partial charge in [-0.15, -0.1) is 46.6 Å². The number of fused-ring (bicyclic) bond motifs is 7. The molecular weight excluding hydrogens is 537 g/mol. The van der Waals surface area contributed by atoms with Gasteiger partial charge in [0.15, 0.2) is 0 Å². The minimum absolute atomic E-state index is 0.559. The highest BCUT2D eigenvalue weighted by atomic mass is 32.2. The monoisotopic (exact) mass is 564 g/mol. The van der Waals surface area contributed by atoms with Crippen molar-refractivity contribution in [1.82, 2.24) is 0 Å². The minimum Gasteiger partial charge on any atom is -0.140 e. The highest BCUT2D eigenvalue weighted by molar-refractivity contribution is 8.05. The Hall–Kier alpha value is -2.11. The molecule has 0 N–H and O–H groups in total. The Kier molecular flexibility index (Phi) is 6.14. The van der Waals surface area contributed by atoms with Crippen molar-refractivity contribution in [3.63, 3.8) is 0 Å². The van der Waals surface area contributed by atoms with Crippen LogP contribution in [0.15, 0.2) is 106 Å². The van der Waals surface area contributed by atoms with E-state index in [-0.39, 0.29) is 0 Å². The number of hydrogen-bond acceptors (Lipinski definition) is 4. The van der Waals surface area contributed by atoms with Gasteiger partial charge in [-0.3, -0.25) is 0 Å². The van der Waals surface area contributed by atoms with Crippen molar-refractivity contribution in [3.05, 3.63) is 124 Å². The molecule has 0 aliphatic carbocycles. The smallest absolute Gasteiger partial charge is 0.0519 e. The molecule has 3 aliphatic heterocycles. The summed E-state index contributed by atoms with van der Waals surface area (Å²) in [5.74, 6) is 0. The molecule has 4 aromatic carbocycles.